The molecule has 0 aromatic heterocycles. The van der Waals surface area contributed by atoms with Crippen molar-refractivity contribution >= 4 is 23.4 Å². The van der Waals surface area contributed by atoms with Crippen molar-refractivity contribution in [3.8, 4) is 11.5 Å². The first-order chi connectivity index (χ1) is 11.9. The lowest BCUT2D eigenvalue weighted by atomic mass is 10.00. The second-order valence-corrected chi connectivity index (χ2v) is 6.44. The highest BCUT2D eigenvalue weighted by Gasteiger charge is 2.38. The summed E-state index contributed by atoms with van der Waals surface area (Å²) >= 11 is 6.05. The summed E-state index contributed by atoms with van der Waals surface area (Å²) in [6, 6.07) is 0.958. The SMILES string of the molecule is C[C@@H]1C[C@@H]2O[C@H]2/C=C\C=C\C(=O)Cc2c(Cl)c(O)cc(O)c2C(=O)O1. The van der Waals surface area contributed by atoms with Gasteiger partial charge in [-0.25, -0.2) is 4.79 Å². The number of carbonyl (C=O) groups excluding carboxylic acids is 2. The van der Waals surface area contributed by atoms with Crippen molar-refractivity contribution in [1.82, 2.24) is 0 Å². The molecule has 1 saturated heterocycles. The number of fused-ring (bicyclic) bond motifs is 2. The van der Waals surface area contributed by atoms with Crippen LogP contribution in [0.4, 0.5) is 0 Å². The molecule has 0 unspecified atom stereocenters. The van der Waals surface area contributed by atoms with E-state index in [1.807, 2.05) is 6.08 Å². The number of hydrogen-bond acceptors (Lipinski definition) is 6. The van der Waals surface area contributed by atoms with Gasteiger partial charge in [0.1, 0.15) is 29.3 Å². The number of ketones is 1. The molecule has 3 rings (SSSR count). The number of ether oxygens (including phenoxy) is 2. The first-order valence-corrected chi connectivity index (χ1v) is 8.22. The largest absolute Gasteiger partial charge is 0.507 e. The molecule has 7 heteroatoms. The molecule has 0 radical (unpaired) electrons. The van der Waals surface area contributed by atoms with Crippen LogP contribution in [0.15, 0.2) is 30.4 Å². The second kappa shape index (κ2) is 6.90. The van der Waals surface area contributed by atoms with Gasteiger partial charge >= 0.3 is 5.97 Å². The first-order valence-electron chi connectivity index (χ1n) is 7.84. The number of carbonyl (C=O) groups is 2. The zero-order valence-corrected chi connectivity index (χ0v) is 14.2. The summed E-state index contributed by atoms with van der Waals surface area (Å²) in [5.41, 5.74) is -0.176. The number of benzene rings is 1. The Morgan fingerprint density at radius 3 is 2.72 bits per heavy atom. The smallest absolute Gasteiger partial charge is 0.342 e. The van der Waals surface area contributed by atoms with Crippen molar-refractivity contribution in [2.24, 2.45) is 0 Å². The van der Waals surface area contributed by atoms with Crippen molar-refractivity contribution < 1.29 is 29.3 Å². The highest BCUT2D eigenvalue weighted by Crippen LogP contribution is 2.37. The maximum atomic E-state index is 12.5. The zero-order chi connectivity index (χ0) is 18.1. The van der Waals surface area contributed by atoms with E-state index in [0.29, 0.717) is 6.42 Å². The van der Waals surface area contributed by atoms with E-state index in [1.165, 1.54) is 6.08 Å². The third kappa shape index (κ3) is 3.86. The number of phenols is 2. The number of phenolic OH excluding ortho intramolecular Hbond substituents is 2. The molecule has 0 saturated carbocycles. The summed E-state index contributed by atoms with van der Waals surface area (Å²) in [5, 5.41) is 19.7. The minimum absolute atomic E-state index is 0.0348. The summed E-state index contributed by atoms with van der Waals surface area (Å²) < 4.78 is 10.8. The van der Waals surface area contributed by atoms with Crippen molar-refractivity contribution in [2.75, 3.05) is 0 Å². The number of hydrogen-bond donors (Lipinski definition) is 2. The second-order valence-electron chi connectivity index (χ2n) is 6.06. The van der Waals surface area contributed by atoms with Gasteiger partial charge < -0.3 is 19.7 Å². The van der Waals surface area contributed by atoms with E-state index >= 15 is 0 Å². The molecule has 2 aliphatic heterocycles. The molecule has 0 spiro atoms. The molecule has 2 heterocycles. The molecule has 0 aliphatic carbocycles. The van der Waals surface area contributed by atoms with Crippen molar-refractivity contribution in [2.45, 2.75) is 38.1 Å². The Balaban J connectivity index is 2.01. The van der Waals surface area contributed by atoms with E-state index in [9.17, 15) is 19.8 Å². The van der Waals surface area contributed by atoms with Crippen molar-refractivity contribution in [1.29, 1.82) is 0 Å². The van der Waals surface area contributed by atoms with Gasteiger partial charge in [0.15, 0.2) is 5.78 Å². The van der Waals surface area contributed by atoms with Gasteiger partial charge in [0.2, 0.25) is 0 Å². The van der Waals surface area contributed by atoms with Crippen LogP contribution < -0.4 is 0 Å². The Labute approximate surface area is 149 Å². The van der Waals surface area contributed by atoms with Gasteiger partial charge in [-0.1, -0.05) is 29.8 Å². The van der Waals surface area contributed by atoms with E-state index in [4.69, 9.17) is 21.1 Å². The lowest BCUT2D eigenvalue weighted by Crippen LogP contribution is -2.19. The Kier molecular flexibility index (Phi) is 4.83. The van der Waals surface area contributed by atoms with Crippen molar-refractivity contribution in [3.63, 3.8) is 0 Å². The number of aromatic hydroxyl groups is 2. The molecule has 1 fully saturated rings. The van der Waals surface area contributed by atoms with Gasteiger partial charge in [-0.2, -0.15) is 0 Å². The van der Waals surface area contributed by atoms with Gasteiger partial charge in [0.05, 0.1) is 11.1 Å². The normalized spacial score (nSPS) is 29.0. The third-order valence-corrected chi connectivity index (χ3v) is 4.49. The Morgan fingerprint density at radius 2 is 1.96 bits per heavy atom. The van der Waals surface area contributed by atoms with Crippen LogP contribution in [0.3, 0.4) is 0 Å². The summed E-state index contributed by atoms with van der Waals surface area (Å²) in [5.74, 6) is -2.04. The van der Waals surface area contributed by atoms with E-state index in [-0.39, 0.29) is 40.6 Å². The van der Waals surface area contributed by atoms with Crippen LogP contribution in [0.5, 0.6) is 11.5 Å². The number of epoxide rings is 1. The van der Waals surface area contributed by atoms with Crippen LogP contribution in [0.2, 0.25) is 5.02 Å². The molecule has 0 amide bonds. The summed E-state index contributed by atoms with van der Waals surface area (Å²) in [6.45, 7) is 1.72. The van der Waals surface area contributed by atoms with E-state index in [1.54, 1.807) is 19.1 Å². The number of allylic oxidation sites excluding steroid dienone is 3. The number of cyclic esters (lactones) is 1. The predicted molar refractivity (Wildman–Crippen MR) is 89.9 cm³/mol. The molecule has 6 nitrogen and oxygen atoms in total. The van der Waals surface area contributed by atoms with Gasteiger partial charge in [0.25, 0.3) is 0 Å². The fraction of sp³-hybridized carbons (Fsp3) is 0.333. The predicted octanol–water partition coefficient (Wildman–Crippen LogP) is 2.69. The third-order valence-electron chi connectivity index (χ3n) is 4.06. The molecule has 1 aromatic rings. The average Bonchev–Trinajstić information content (AvgIpc) is 3.25. The van der Waals surface area contributed by atoms with Crippen LogP contribution in [0.25, 0.3) is 0 Å². The maximum Gasteiger partial charge on any atom is 0.342 e. The lowest BCUT2D eigenvalue weighted by molar-refractivity contribution is -0.114. The van der Waals surface area contributed by atoms with Gasteiger partial charge in [-0.15, -0.1) is 0 Å². The van der Waals surface area contributed by atoms with Gasteiger partial charge in [-0.3, -0.25) is 4.79 Å². The molecular formula is C18H17ClO6. The minimum Gasteiger partial charge on any atom is -0.507 e. The topological polar surface area (TPSA) is 96.4 Å². The maximum absolute atomic E-state index is 12.5. The first kappa shape index (κ1) is 17.5. The zero-order valence-electron chi connectivity index (χ0n) is 13.4. The molecule has 132 valence electrons. The minimum atomic E-state index is -0.802. The van der Waals surface area contributed by atoms with Crippen LogP contribution in [-0.4, -0.2) is 40.3 Å². The lowest BCUT2D eigenvalue weighted by Gasteiger charge is -2.16. The highest BCUT2D eigenvalue weighted by molar-refractivity contribution is 6.33. The molecule has 25 heavy (non-hydrogen) atoms. The Hall–Kier alpha value is -2.31. The summed E-state index contributed by atoms with van der Waals surface area (Å²) in [6.07, 6.45) is 6.13. The molecule has 3 atom stereocenters. The van der Waals surface area contributed by atoms with Crippen molar-refractivity contribution in [3.05, 3.63) is 46.5 Å². The molecule has 2 N–H and O–H groups in total. The molecule has 0 bridgehead atoms. The number of rotatable bonds is 0. The van der Waals surface area contributed by atoms with E-state index in [0.717, 1.165) is 6.07 Å². The number of esters is 1. The van der Waals surface area contributed by atoms with E-state index < -0.39 is 23.6 Å². The molecular weight excluding hydrogens is 348 g/mol. The standard InChI is InChI=1S/C18H17ClO6/c1-9-6-15-14(25-15)5-3-2-4-10(20)7-11-16(18(23)24-9)12(21)8-13(22)17(11)19/h2-5,8-9,14-15,21-22H,6-7H2,1H3/b4-2+,5-3-/t9-,14+,15+/m1/s1. The average molecular weight is 365 g/mol. The summed E-state index contributed by atoms with van der Waals surface area (Å²) in [4.78, 5) is 24.6. The monoisotopic (exact) mass is 364 g/mol. The summed E-state index contributed by atoms with van der Waals surface area (Å²) in [7, 11) is 0. The Morgan fingerprint density at radius 1 is 1.20 bits per heavy atom. The number of halogens is 1. The fourth-order valence-electron chi connectivity index (χ4n) is 2.78. The van der Waals surface area contributed by atoms with Crippen LogP contribution >= 0.6 is 11.6 Å². The van der Waals surface area contributed by atoms with Crippen LogP contribution in [0, 0.1) is 0 Å². The van der Waals surface area contributed by atoms with Gasteiger partial charge in [-0.05, 0) is 13.0 Å². The molecule has 2 aliphatic rings. The van der Waals surface area contributed by atoms with Crippen LogP contribution in [-0.2, 0) is 20.7 Å². The fourth-order valence-corrected chi connectivity index (χ4v) is 3.00. The van der Waals surface area contributed by atoms with E-state index in [2.05, 4.69) is 0 Å². The quantitative estimate of drug-likeness (QED) is 0.542. The van der Waals surface area contributed by atoms with Crippen LogP contribution in [0.1, 0.15) is 29.3 Å². The Bertz CT molecular complexity index is 782. The highest BCUT2D eigenvalue weighted by atomic mass is 35.5. The molecule has 1 aromatic carbocycles. The van der Waals surface area contributed by atoms with Gasteiger partial charge in [0, 0.05) is 24.5 Å².